The molecule has 0 radical (unpaired) electrons. The molecule has 0 aromatic heterocycles. The van der Waals surface area contributed by atoms with Crippen molar-refractivity contribution in [2.24, 2.45) is 0 Å². The average Bonchev–Trinajstić information content (AvgIpc) is 2.67. The quantitative estimate of drug-likeness (QED) is 0.870. The van der Waals surface area contributed by atoms with Gasteiger partial charge in [0.15, 0.2) is 0 Å². The van der Waals surface area contributed by atoms with E-state index < -0.39 is 17.1 Å². The normalized spacial score (nSPS) is 24.2. The van der Waals surface area contributed by atoms with Gasteiger partial charge in [0.2, 0.25) is 0 Å². The highest BCUT2D eigenvalue weighted by atomic mass is 16.3. The summed E-state index contributed by atoms with van der Waals surface area (Å²) < 4.78 is 0. The molecular formula is C22H26N2O2. The third kappa shape index (κ3) is 3.66. The lowest BCUT2D eigenvalue weighted by Gasteiger charge is -2.41. The van der Waals surface area contributed by atoms with E-state index in [1.165, 1.54) is 0 Å². The maximum atomic E-state index is 10.2. The Kier molecular flexibility index (Phi) is 5.43. The first-order chi connectivity index (χ1) is 12.5. The lowest BCUT2D eigenvalue weighted by molar-refractivity contribution is -0.107. The number of likely N-dealkylation sites (tertiary alicyclic amines) is 1. The van der Waals surface area contributed by atoms with Crippen molar-refractivity contribution < 1.29 is 10.2 Å². The second kappa shape index (κ2) is 7.59. The third-order valence-corrected chi connectivity index (χ3v) is 5.61. The Bertz CT molecular complexity index is 713. The molecule has 26 heavy (non-hydrogen) atoms. The molecule has 0 saturated carbocycles. The van der Waals surface area contributed by atoms with Crippen molar-refractivity contribution in [1.82, 2.24) is 4.90 Å². The van der Waals surface area contributed by atoms with Crippen LogP contribution in [-0.2, 0) is 5.41 Å². The molecule has 0 bridgehead atoms. The molecule has 1 aliphatic heterocycles. The average molecular weight is 350 g/mol. The number of hydrogen-bond acceptors (Lipinski definition) is 4. The molecular weight excluding hydrogens is 324 g/mol. The molecule has 2 aromatic carbocycles. The predicted molar refractivity (Wildman–Crippen MR) is 102 cm³/mol. The van der Waals surface area contributed by atoms with Gasteiger partial charge in [0.1, 0.15) is 5.41 Å². The first-order valence-electron chi connectivity index (χ1n) is 9.13. The standard InChI is InChI=1S/C22H26N2O2/c1-21(26)12-14-24(16-20(21)25)15-13-22(17-23,18-8-4-2-5-9-18)19-10-6-3-7-11-19/h2-11,20,25-26H,12-16H2,1H3/t20-,21-/m1/s1. The van der Waals surface area contributed by atoms with Gasteiger partial charge < -0.3 is 15.1 Å². The van der Waals surface area contributed by atoms with E-state index in [-0.39, 0.29) is 0 Å². The van der Waals surface area contributed by atoms with Gasteiger partial charge in [0.25, 0.3) is 0 Å². The van der Waals surface area contributed by atoms with Crippen LogP contribution in [0.1, 0.15) is 30.9 Å². The van der Waals surface area contributed by atoms with Crippen molar-refractivity contribution in [3.63, 3.8) is 0 Å². The molecule has 4 nitrogen and oxygen atoms in total. The summed E-state index contributed by atoms with van der Waals surface area (Å²) in [6.45, 7) is 3.51. The van der Waals surface area contributed by atoms with Crippen molar-refractivity contribution in [2.45, 2.75) is 36.9 Å². The SMILES string of the molecule is C[C@@]1(O)CCN(CCC(C#N)(c2ccccc2)c2ccccc2)C[C@H]1O. The fourth-order valence-electron chi connectivity index (χ4n) is 3.70. The second-order valence-corrected chi connectivity index (χ2v) is 7.42. The summed E-state index contributed by atoms with van der Waals surface area (Å²) in [6.07, 6.45) is 0.401. The summed E-state index contributed by atoms with van der Waals surface area (Å²) in [5, 5.41) is 30.5. The topological polar surface area (TPSA) is 67.5 Å². The summed E-state index contributed by atoms with van der Waals surface area (Å²) >= 11 is 0. The Balaban J connectivity index is 1.85. The minimum atomic E-state index is -1.03. The monoisotopic (exact) mass is 350 g/mol. The van der Waals surface area contributed by atoms with Crippen LogP contribution in [0.5, 0.6) is 0 Å². The van der Waals surface area contributed by atoms with Gasteiger partial charge in [-0.2, -0.15) is 5.26 Å². The van der Waals surface area contributed by atoms with Crippen LogP contribution >= 0.6 is 0 Å². The minimum absolute atomic E-state index is 0.429. The van der Waals surface area contributed by atoms with E-state index in [9.17, 15) is 15.5 Å². The van der Waals surface area contributed by atoms with E-state index in [1.54, 1.807) is 6.92 Å². The zero-order valence-corrected chi connectivity index (χ0v) is 15.2. The summed E-state index contributed by atoms with van der Waals surface area (Å²) in [6, 6.07) is 22.4. The smallest absolute Gasteiger partial charge is 0.108 e. The minimum Gasteiger partial charge on any atom is -0.389 e. The van der Waals surface area contributed by atoms with E-state index in [1.807, 2.05) is 60.7 Å². The highest BCUT2D eigenvalue weighted by Crippen LogP contribution is 2.36. The third-order valence-electron chi connectivity index (χ3n) is 5.61. The Morgan fingerprint density at radius 3 is 2.12 bits per heavy atom. The number of aliphatic hydroxyl groups is 2. The summed E-state index contributed by atoms with van der Waals surface area (Å²) in [5.41, 5.74) is 0.214. The number of hydrogen-bond donors (Lipinski definition) is 2. The number of benzene rings is 2. The number of nitrogens with zero attached hydrogens (tertiary/aromatic N) is 2. The van der Waals surface area contributed by atoms with Crippen molar-refractivity contribution in [3.05, 3.63) is 71.8 Å². The van der Waals surface area contributed by atoms with E-state index in [2.05, 4.69) is 11.0 Å². The summed E-state index contributed by atoms with van der Waals surface area (Å²) in [5.74, 6) is 0. The number of aliphatic hydroxyl groups excluding tert-OH is 1. The van der Waals surface area contributed by atoms with E-state index in [0.717, 1.165) is 17.7 Å². The van der Waals surface area contributed by atoms with Gasteiger partial charge in [-0.15, -0.1) is 0 Å². The van der Waals surface area contributed by atoms with Gasteiger partial charge in [0, 0.05) is 19.6 Å². The first kappa shape index (κ1) is 18.6. The Hall–Kier alpha value is -2.19. The second-order valence-electron chi connectivity index (χ2n) is 7.42. The van der Waals surface area contributed by atoms with Gasteiger partial charge in [-0.1, -0.05) is 60.7 Å². The maximum Gasteiger partial charge on any atom is 0.108 e. The molecule has 0 amide bonds. The highest BCUT2D eigenvalue weighted by Gasteiger charge is 2.39. The number of β-amino-alcohol motifs (C(OH)–C–C–N with tert-alkyl or cyclic N) is 1. The zero-order chi connectivity index (χ0) is 18.6. The zero-order valence-electron chi connectivity index (χ0n) is 15.2. The predicted octanol–water partition coefficient (Wildman–Crippen LogP) is 2.70. The Morgan fingerprint density at radius 2 is 1.65 bits per heavy atom. The number of nitriles is 1. The van der Waals surface area contributed by atoms with Crippen LogP contribution in [0, 0.1) is 11.3 Å². The molecule has 0 aliphatic carbocycles. The molecule has 1 saturated heterocycles. The molecule has 1 heterocycles. The van der Waals surface area contributed by atoms with Crippen LogP contribution in [-0.4, -0.2) is 46.5 Å². The van der Waals surface area contributed by atoms with Crippen LogP contribution in [0.3, 0.4) is 0 Å². The van der Waals surface area contributed by atoms with E-state index in [4.69, 9.17) is 0 Å². The van der Waals surface area contributed by atoms with Crippen molar-refractivity contribution in [2.75, 3.05) is 19.6 Å². The van der Waals surface area contributed by atoms with Gasteiger partial charge in [-0.05, 0) is 30.9 Å². The van der Waals surface area contributed by atoms with Crippen molar-refractivity contribution >= 4 is 0 Å². The van der Waals surface area contributed by atoms with Crippen molar-refractivity contribution in [3.8, 4) is 6.07 Å². The molecule has 2 atom stereocenters. The molecule has 0 spiro atoms. The lowest BCUT2D eigenvalue weighted by Crippen LogP contribution is -2.54. The Morgan fingerprint density at radius 1 is 1.12 bits per heavy atom. The van der Waals surface area contributed by atoms with E-state index >= 15 is 0 Å². The van der Waals surface area contributed by atoms with Crippen LogP contribution in [0.15, 0.2) is 60.7 Å². The molecule has 136 valence electrons. The largest absolute Gasteiger partial charge is 0.389 e. The highest BCUT2D eigenvalue weighted by molar-refractivity contribution is 5.45. The van der Waals surface area contributed by atoms with Gasteiger partial charge in [-0.25, -0.2) is 0 Å². The molecule has 4 heteroatoms. The number of rotatable bonds is 5. The molecule has 2 N–H and O–H groups in total. The van der Waals surface area contributed by atoms with Crippen molar-refractivity contribution in [1.29, 1.82) is 5.26 Å². The number of piperidine rings is 1. The van der Waals surface area contributed by atoms with Gasteiger partial charge >= 0.3 is 0 Å². The molecule has 2 aromatic rings. The van der Waals surface area contributed by atoms with Gasteiger partial charge in [-0.3, -0.25) is 0 Å². The molecule has 1 aliphatic rings. The first-order valence-corrected chi connectivity index (χ1v) is 9.13. The Labute approximate surface area is 155 Å². The van der Waals surface area contributed by atoms with Crippen LogP contribution in [0.2, 0.25) is 0 Å². The summed E-state index contributed by atoms with van der Waals surface area (Å²) in [4.78, 5) is 2.14. The van der Waals surface area contributed by atoms with E-state index in [0.29, 0.717) is 25.9 Å². The van der Waals surface area contributed by atoms with Crippen LogP contribution in [0.25, 0.3) is 0 Å². The maximum absolute atomic E-state index is 10.2. The van der Waals surface area contributed by atoms with Crippen LogP contribution < -0.4 is 0 Å². The van der Waals surface area contributed by atoms with Gasteiger partial charge in [0.05, 0.1) is 17.8 Å². The fourth-order valence-corrected chi connectivity index (χ4v) is 3.70. The van der Waals surface area contributed by atoms with Crippen LogP contribution in [0.4, 0.5) is 0 Å². The lowest BCUT2D eigenvalue weighted by atomic mass is 9.73. The summed E-state index contributed by atoms with van der Waals surface area (Å²) in [7, 11) is 0. The molecule has 3 rings (SSSR count). The molecule has 1 fully saturated rings. The fraction of sp³-hybridized carbons (Fsp3) is 0.409. The molecule has 0 unspecified atom stereocenters.